The third-order valence-electron chi connectivity index (χ3n) is 6.17. The van der Waals surface area contributed by atoms with Gasteiger partial charge in [-0.25, -0.2) is 4.98 Å². The van der Waals surface area contributed by atoms with Gasteiger partial charge in [-0.15, -0.1) is 0 Å². The number of aryl methyl sites for hydroxylation is 2. The molecule has 1 aliphatic rings. The van der Waals surface area contributed by atoms with E-state index in [2.05, 4.69) is 32.2 Å². The van der Waals surface area contributed by atoms with E-state index >= 15 is 0 Å². The van der Waals surface area contributed by atoms with E-state index in [-0.39, 0.29) is 6.10 Å². The number of hydrogen-bond donors (Lipinski definition) is 2. The smallest absolute Gasteiger partial charge is 0.248 e. The Morgan fingerprint density at radius 3 is 2.88 bits per heavy atom. The zero-order chi connectivity index (χ0) is 23.8. The van der Waals surface area contributed by atoms with E-state index in [1.54, 1.807) is 18.3 Å². The van der Waals surface area contributed by atoms with Crippen LogP contribution in [0.2, 0.25) is 0 Å². The van der Waals surface area contributed by atoms with Gasteiger partial charge in [-0.1, -0.05) is 0 Å². The number of nitrogens with zero attached hydrogens (tertiary/aromatic N) is 7. The number of carbonyl (C=O) groups excluding carboxylic acids is 1. The second-order valence-electron chi connectivity index (χ2n) is 8.66. The molecule has 1 aliphatic heterocycles. The normalized spacial score (nSPS) is 17.0. The lowest BCUT2D eigenvalue weighted by molar-refractivity contribution is -0.0192. The Morgan fingerprint density at radius 1 is 1.26 bits per heavy atom. The lowest BCUT2D eigenvalue weighted by atomic mass is 10.0. The number of nitrogens with two attached hydrogens (primary N) is 1. The first-order valence-corrected chi connectivity index (χ1v) is 11.5. The van der Waals surface area contributed by atoms with Gasteiger partial charge in [0.15, 0.2) is 11.6 Å². The molecule has 4 aromatic rings. The van der Waals surface area contributed by atoms with Crippen LogP contribution in [0.4, 0.5) is 0 Å². The van der Waals surface area contributed by atoms with Gasteiger partial charge in [0.05, 0.1) is 36.7 Å². The summed E-state index contributed by atoms with van der Waals surface area (Å²) in [5.41, 5.74) is 9.36. The molecule has 1 atom stereocenters. The number of aromatic nitrogens is 7. The highest BCUT2D eigenvalue weighted by Crippen LogP contribution is 2.29. The van der Waals surface area contributed by atoms with Gasteiger partial charge in [-0.3, -0.25) is 24.2 Å². The lowest BCUT2D eigenvalue weighted by Crippen LogP contribution is -2.42. The third-order valence-corrected chi connectivity index (χ3v) is 6.17. The van der Waals surface area contributed by atoms with Gasteiger partial charge in [-0.05, 0) is 39.0 Å². The van der Waals surface area contributed by atoms with Gasteiger partial charge in [0, 0.05) is 42.7 Å². The molecule has 0 radical (unpaired) electrons. The van der Waals surface area contributed by atoms with E-state index in [9.17, 15) is 4.79 Å². The van der Waals surface area contributed by atoms with Crippen molar-refractivity contribution in [2.24, 2.45) is 5.73 Å². The van der Waals surface area contributed by atoms with Gasteiger partial charge >= 0.3 is 0 Å². The Labute approximate surface area is 196 Å². The molecule has 5 rings (SSSR count). The molecule has 3 aromatic heterocycles. The quantitative estimate of drug-likeness (QED) is 0.427. The number of hydrogen-bond acceptors (Lipinski definition) is 7. The van der Waals surface area contributed by atoms with Crippen molar-refractivity contribution in [3.05, 3.63) is 35.7 Å². The minimum Gasteiger partial charge on any atom is -0.376 e. The predicted octanol–water partition coefficient (Wildman–Crippen LogP) is 1.83. The van der Waals surface area contributed by atoms with E-state index in [0.717, 1.165) is 54.1 Å². The molecule has 1 aromatic carbocycles. The summed E-state index contributed by atoms with van der Waals surface area (Å²) < 4.78 is 9.41. The Morgan fingerprint density at radius 2 is 2.12 bits per heavy atom. The van der Waals surface area contributed by atoms with Crippen molar-refractivity contribution in [2.45, 2.75) is 40.0 Å². The topological polar surface area (TPSA) is 133 Å². The summed E-state index contributed by atoms with van der Waals surface area (Å²) >= 11 is 0. The largest absolute Gasteiger partial charge is 0.376 e. The molecule has 34 heavy (non-hydrogen) atoms. The minimum absolute atomic E-state index is 0.227. The maximum atomic E-state index is 12.1. The van der Waals surface area contributed by atoms with Crippen molar-refractivity contribution in [1.29, 1.82) is 0 Å². The molecule has 4 heterocycles. The standard InChI is InChI=1S/C23H29N9O2/c1-4-31-20(9-14(2)29-31)23-26-22(27-28-23)17-10-16(21(24)33)11-19-18(17)12-25-32(19)6-5-30-7-8-34-15(3)13-30/h9-12,15H,4-8,13H2,1-3H3,(H2,24,33)(H,26,27,28). The number of nitrogens with one attached hydrogen (secondary N) is 1. The van der Waals surface area contributed by atoms with Crippen molar-refractivity contribution < 1.29 is 9.53 Å². The average Bonchev–Trinajstić information content (AvgIpc) is 3.55. The number of morpholine rings is 1. The molecule has 1 amide bonds. The second-order valence-corrected chi connectivity index (χ2v) is 8.66. The highest BCUT2D eigenvalue weighted by Gasteiger charge is 2.20. The van der Waals surface area contributed by atoms with Crippen molar-refractivity contribution in [1.82, 2.24) is 39.6 Å². The highest BCUT2D eigenvalue weighted by atomic mass is 16.5. The molecule has 11 nitrogen and oxygen atoms in total. The SMILES string of the molecule is CCn1nc(C)cc1-c1n[nH]c(-c2cc(C(N)=O)cc3c2cnn3CCN2CCOC(C)C2)n1. The monoisotopic (exact) mass is 463 g/mol. The molecule has 0 aliphatic carbocycles. The van der Waals surface area contributed by atoms with Crippen LogP contribution in [0.3, 0.4) is 0 Å². The molecule has 11 heteroatoms. The highest BCUT2D eigenvalue weighted by molar-refractivity contribution is 6.02. The summed E-state index contributed by atoms with van der Waals surface area (Å²) in [5.74, 6) is 0.590. The number of rotatable bonds is 7. The first kappa shape index (κ1) is 22.2. The van der Waals surface area contributed by atoms with Crippen molar-refractivity contribution in [3.63, 3.8) is 0 Å². The van der Waals surface area contributed by atoms with Crippen LogP contribution in [0.5, 0.6) is 0 Å². The summed E-state index contributed by atoms with van der Waals surface area (Å²) in [5, 5.41) is 17.4. The number of ether oxygens (including phenoxy) is 1. The van der Waals surface area contributed by atoms with Crippen LogP contribution >= 0.6 is 0 Å². The van der Waals surface area contributed by atoms with Gasteiger partial charge in [0.1, 0.15) is 5.69 Å². The first-order valence-electron chi connectivity index (χ1n) is 11.5. The molecule has 1 saturated heterocycles. The Bertz CT molecular complexity index is 1340. The molecular formula is C23H29N9O2. The number of H-pyrrole nitrogens is 1. The fraction of sp³-hybridized carbons (Fsp3) is 0.435. The zero-order valence-electron chi connectivity index (χ0n) is 19.7. The van der Waals surface area contributed by atoms with Gasteiger partial charge in [0.2, 0.25) is 5.91 Å². The molecule has 1 unspecified atom stereocenters. The van der Waals surface area contributed by atoms with E-state index in [4.69, 9.17) is 15.5 Å². The average molecular weight is 464 g/mol. The molecule has 0 spiro atoms. The van der Waals surface area contributed by atoms with Crippen molar-refractivity contribution >= 4 is 16.8 Å². The number of primary amides is 1. The van der Waals surface area contributed by atoms with Crippen LogP contribution < -0.4 is 5.73 Å². The van der Waals surface area contributed by atoms with Gasteiger partial charge < -0.3 is 10.5 Å². The minimum atomic E-state index is -0.502. The maximum Gasteiger partial charge on any atom is 0.248 e. The number of carbonyl (C=O) groups is 1. The summed E-state index contributed by atoms with van der Waals surface area (Å²) in [6, 6.07) is 5.49. The molecule has 0 saturated carbocycles. The van der Waals surface area contributed by atoms with Crippen molar-refractivity contribution in [2.75, 3.05) is 26.2 Å². The van der Waals surface area contributed by atoms with E-state index < -0.39 is 5.91 Å². The third kappa shape index (κ3) is 4.19. The molecule has 0 bridgehead atoms. The van der Waals surface area contributed by atoms with Gasteiger partial charge in [0.25, 0.3) is 0 Å². The number of fused-ring (bicyclic) bond motifs is 1. The molecule has 3 N–H and O–H groups in total. The van der Waals surface area contributed by atoms with Crippen LogP contribution in [0.25, 0.3) is 33.8 Å². The fourth-order valence-corrected chi connectivity index (χ4v) is 4.49. The van der Waals surface area contributed by atoms with E-state index in [1.807, 2.05) is 29.3 Å². The Kier molecular flexibility index (Phi) is 5.88. The van der Waals surface area contributed by atoms with Crippen molar-refractivity contribution in [3.8, 4) is 22.9 Å². The first-order chi connectivity index (χ1) is 16.4. The maximum absolute atomic E-state index is 12.1. The second kappa shape index (κ2) is 8.99. The van der Waals surface area contributed by atoms with E-state index in [1.165, 1.54) is 0 Å². The summed E-state index contributed by atoms with van der Waals surface area (Å²) in [4.78, 5) is 19.2. The molecular weight excluding hydrogens is 434 g/mol. The Hall–Kier alpha value is -3.57. The van der Waals surface area contributed by atoms with E-state index in [0.29, 0.717) is 30.3 Å². The molecule has 178 valence electrons. The van der Waals surface area contributed by atoms with Crippen LogP contribution in [0.1, 0.15) is 29.9 Å². The van der Waals surface area contributed by atoms with Crippen LogP contribution in [0, 0.1) is 6.92 Å². The van der Waals surface area contributed by atoms with Crippen LogP contribution in [0.15, 0.2) is 24.4 Å². The predicted molar refractivity (Wildman–Crippen MR) is 127 cm³/mol. The zero-order valence-corrected chi connectivity index (χ0v) is 19.7. The van der Waals surface area contributed by atoms with Gasteiger partial charge in [-0.2, -0.15) is 15.3 Å². The Balaban J connectivity index is 1.50. The summed E-state index contributed by atoms with van der Waals surface area (Å²) in [6.45, 7) is 10.8. The number of aromatic amines is 1. The number of benzene rings is 1. The fourth-order valence-electron chi connectivity index (χ4n) is 4.49. The molecule has 1 fully saturated rings. The van der Waals surface area contributed by atoms with Crippen LogP contribution in [-0.4, -0.2) is 77.9 Å². The van der Waals surface area contributed by atoms with Crippen LogP contribution in [-0.2, 0) is 17.8 Å². The number of amides is 1. The lowest BCUT2D eigenvalue weighted by Gasteiger charge is -2.30. The summed E-state index contributed by atoms with van der Waals surface area (Å²) in [7, 11) is 0. The summed E-state index contributed by atoms with van der Waals surface area (Å²) in [6.07, 6.45) is 2.03.